The number of para-hydroxylation sites is 1. The van der Waals surface area contributed by atoms with Crippen LogP contribution in [0.1, 0.15) is 21.5 Å². The van der Waals surface area contributed by atoms with E-state index in [2.05, 4.69) is 0 Å². The van der Waals surface area contributed by atoms with Crippen LogP contribution in [0.3, 0.4) is 0 Å². The third-order valence-electron chi connectivity index (χ3n) is 6.04. The average Bonchev–Trinajstić information content (AvgIpc) is 3.50. The molecule has 8 nitrogen and oxygen atoms in total. The lowest BCUT2D eigenvalue weighted by Crippen LogP contribution is -2.30. The lowest BCUT2D eigenvalue weighted by Gasteiger charge is -2.22. The molecule has 0 bridgehead atoms. The van der Waals surface area contributed by atoms with E-state index in [9.17, 15) is 13.2 Å². The van der Waals surface area contributed by atoms with Crippen molar-refractivity contribution in [3.8, 4) is 17.2 Å². The van der Waals surface area contributed by atoms with Crippen LogP contribution in [-0.4, -0.2) is 46.7 Å². The fourth-order valence-electron chi connectivity index (χ4n) is 4.29. The van der Waals surface area contributed by atoms with Crippen LogP contribution in [0.5, 0.6) is 17.2 Å². The molecule has 2 aliphatic rings. The maximum Gasteiger partial charge on any atom is 0.264 e. The lowest BCUT2D eigenvalue weighted by molar-refractivity contribution is 0.0781. The number of fused-ring (bicyclic) bond motifs is 2. The Morgan fingerprint density at radius 2 is 1.85 bits per heavy atom. The lowest BCUT2D eigenvalue weighted by atomic mass is 10.1. The molecule has 0 saturated heterocycles. The molecule has 2 heterocycles. The molecule has 2 aliphatic heterocycles. The van der Waals surface area contributed by atoms with Gasteiger partial charge < -0.3 is 19.1 Å². The number of benzene rings is 3. The molecule has 0 atom stereocenters. The summed E-state index contributed by atoms with van der Waals surface area (Å²) in [6, 6.07) is 17.3. The Morgan fingerprint density at radius 1 is 1.06 bits per heavy atom. The van der Waals surface area contributed by atoms with E-state index in [1.165, 1.54) is 34.5 Å². The number of rotatable bonds is 6. The summed E-state index contributed by atoms with van der Waals surface area (Å²) < 4.78 is 44.5. The Labute approximate surface area is 198 Å². The highest BCUT2D eigenvalue weighted by molar-refractivity contribution is 7.92. The van der Waals surface area contributed by atoms with Gasteiger partial charge in [-0.1, -0.05) is 24.3 Å². The summed E-state index contributed by atoms with van der Waals surface area (Å²) in [4.78, 5) is 14.9. The van der Waals surface area contributed by atoms with E-state index < -0.39 is 10.0 Å². The number of ether oxygens (including phenoxy) is 3. The molecule has 34 heavy (non-hydrogen) atoms. The predicted octanol–water partition coefficient (Wildman–Crippen LogP) is 3.45. The minimum absolute atomic E-state index is 0.0461. The van der Waals surface area contributed by atoms with Crippen LogP contribution in [-0.2, 0) is 23.0 Å². The number of amides is 1. The summed E-state index contributed by atoms with van der Waals surface area (Å²) in [5, 5.41) is 0. The molecule has 3 aromatic rings. The largest absolute Gasteiger partial charge is 0.496 e. The molecule has 0 aliphatic carbocycles. The molecule has 9 heteroatoms. The van der Waals surface area contributed by atoms with Gasteiger partial charge in [0.05, 0.1) is 23.3 Å². The van der Waals surface area contributed by atoms with Crippen molar-refractivity contribution in [2.24, 2.45) is 0 Å². The van der Waals surface area contributed by atoms with Crippen LogP contribution in [0.2, 0.25) is 0 Å². The van der Waals surface area contributed by atoms with Crippen molar-refractivity contribution in [1.82, 2.24) is 4.90 Å². The molecule has 0 N–H and O–H groups in total. The Kier molecular flexibility index (Phi) is 5.57. The summed E-state index contributed by atoms with van der Waals surface area (Å²) in [5.74, 6) is 1.26. The summed E-state index contributed by atoms with van der Waals surface area (Å²) in [6.45, 7) is 0.837. The van der Waals surface area contributed by atoms with Gasteiger partial charge in [0, 0.05) is 20.1 Å². The molecule has 0 saturated carbocycles. The second kappa shape index (κ2) is 8.57. The number of carbonyl (C=O) groups excluding carboxylic acids is 1. The summed E-state index contributed by atoms with van der Waals surface area (Å²) in [6.07, 6.45) is 0.648. The van der Waals surface area contributed by atoms with Crippen molar-refractivity contribution in [1.29, 1.82) is 0 Å². The molecule has 0 aromatic heterocycles. The molecule has 5 rings (SSSR count). The van der Waals surface area contributed by atoms with E-state index in [4.69, 9.17) is 14.2 Å². The third-order valence-corrected chi connectivity index (χ3v) is 7.85. The zero-order chi connectivity index (χ0) is 23.9. The van der Waals surface area contributed by atoms with E-state index in [1.807, 2.05) is 30.3 Å². The van der Waals surface area contributed by atoms with Crippen LogP contribution >= 0.6 is 0 Å². The number of sulfonamides is 1. The normalized spacial score (nSPS) is 14.1. The summed E-state index contributed by atoms with van der Waals surface area (Å²) in [5.41, 5.74) is 2.70. The van der Waals surface area contributed by atoms with Crippen molar-refractivity contribution in [3.63, 3.8) is 0 Å². The first kappa shape index (κ1) is 22.1. The van der Waals surface area contributed by atoms with Gasteiger partial charge in [0.2, 0.25) is 6.79 Å². The molecule has 1 amide bonds. The van der Waals surface area contributed by atoms with Gasteiger partial charge in [-0.3, -0.25) is 9.10 Å². The van der Waals surface area contributed by atoms with E-state index in [1.54, 1.807) is 19.2 Å². The quantitative estimate of drug-likeness (QED) is 0.537. The van der Waals surface area contributed by atoms with Gasteiger partial charge in [-0.15, -0.1) is 0 Å². The van der Waals surface area contributed by atoms with Gasteiger partial charge in [0.1, 0.15) is 5.75 Å². The molecule has 0 unspecified atom stereocenters. The van der Waals surface area contributed by atoms with Crippen LogP contribution in [0.4, 0.5) is 5.69 Å². The minimum Gasteiger partial charge on any atom is -0.496 e. The van der Waals surface area contributed by atoms with Gasteiger partial charge in [0.15, 0.2) is 11.5 Å². The highest BCUT2D eigenvalue weighted by Crippen LogP contribution is 2.35. The van der Waals surface area contributed by atoms with Gasteiger partial charge in [0.25, 0.3) is 15.9 Å². The smallest absolute Gasteiger partial charge is 0.264 e. The predicted molar refractivity (Wildman–Crippen MR) is 126 cm³/mol. The molecule has 0 fully saturated rings. The number of nitrogens with zero attached hydrogens (tertiary/aromatic N) is 2. The Balaban J connectivity index is 1.43. The van der Waals surface area contributed by atoms with Crippen molar-refractivity contribution >= 4 is 21.6 Å². The first-order valence-electron chi connectivity index (χ1n) is 10.8. The fourth-order valence-corrected chi connectivity index (χ4v) is 5.82. The average molecular weight is 481 g/mol. The van der Waals surface area contributed by atoms with Gasteiger partial charge >= 0.3 is 0 Å². The number of hydrogen-bond acceptors (Lipinski definition) is 6. The molecular formula is C25H24N2O6S. The van der Waals surface area contributed by atoms with Crippen molar-refractivity contribution in [2.45, 2.75) is 17.9 Å². The maximum atomic E-state index is 13.5. The summed E-state index contributed by atoms with van der Waals surface area (Å²) >= 11 is 0. The van der Waals surface area contributed by atoms with E-state index in [0.717, 1.165) is 11.1 Å². The highest BCUT2D eigenvalue weighted by atomic mass is 32.2. The zero-order valence-electron chi connectivity index (χ0n) is 18.9. The first-order chi connectivity index (χ1) is 16.4. The van der Waals surface area contributed by atoms with E-state index in [0.29, 0.717) is 42.4 Å². The first-order valence-corrected chi connectivity index (χ1v) is 12.2. The molecular weight excluding hydrogens is 456 g/mol. The Bertz CT molecular complexity index is 1370. The third kappa shape index (κ3) is 3.81. The van der Waals surface area contributed by atoms with Crippen molar-refractivity contribution < 1.29 is 27.4 Å². The second-order valence-corrected chi connectivity index (χ2v) is 10.0. The number of methoxy groups -OCH3 is 1. The van der Waals surface area contributed by atoms with E-state index in [-0.39, 0.29) is 23.2 Å². The van der Waals surface area contributed by atoms with E-state index >= 15 is 0 Å². The van der Waals surface area contributed by atoms with Crippen LogP contribution in [0.15, 0.2) is 65.6 Å². The number of hydrogen-bond donors (Lipinski definition) is 0. The van der Waals surface area contributed by atoms with Crippen LogP contribution < -0.4 is 18.5 Å². The fraction of sp³-hybridized carbons (Fsp3) is 0.240. The monoisotopic (exact) mass is 480 g/mol. The van der Waals surface area contributed by atoms with Gasteiger partial charge in [-0.25, -0.2) is 8.42 Å². The highest BCUT2D eigenvalue weighted by Gasteiger charge is 2.32. The summed E-state index contributed by atoms with van der Waals surface area (Å²) in [7, 11) is -0.738. The molecule has 0 radical (unpaired) electrons. The molecule has 176 valence electrons. The number of anilines is 1. The Hall–Kier alpha value is -3.72. The molecule has 0 spiro atoms. The number of carbonyl (C=O) groups is 1. The molecule has 3 aromatic carbocycles. The zero-order valence-corrected chi connectivity index (χ0v) is 19.7. The topological polar surface area (TPSA) is 85.4 Å². The second-order valence-electron chi connectivity index (χ2n) is 8.17. The van der Waals surface area contributed by atoms with Crippen molar-refractivity contribution in [2.75, 3.05) is 31.8 Å². The Morgan fingerprint density at radius 3 is 2.68 bits per heavy atom. The standard InChI is InChI=1S/C25H24N2O6S/c1-26(15-17-7-9-23-24(13-17)33-16-32-23)25(28)20-14-19(8-10-22(20)31-2)34(29,30)27-12-11-18-5-3-4-6-21(18)27/h3-10,13-14H,11-12,15-16H2,1-2H3. The SMILES string of the molecule is COc1ccc(S(=O)(=O)N2CCc3ccccc32)cc1C(=O)N(C)Cc1ccc2c(c1)OCO2. The van der Waals surface area contributed by atoms with Crippen LogP contribution in [0.25, 0.3) is 0 Å². The maximum absolute atomic E-state index is 13.5. The minimum atomic E-state index is -3.85. The van der Waals surface area contributed by atoms with Gasteiger partial charge in [-0.05, 0) is 53.9 Å². The van der Waals surface area contributed by atoms with Crippen molar-refractivity contribution in [3.05, 3.63) is 77.4 Å². The van der Waals surface area contributed by atoms with Gasteiger partial charge in [-0.2, -0.15) is 0 Å². The van der Waals surface area contributed by atoms with Crippen LogP contribution in [0, 0.1) is 0 Å².